The van der Waals surface area contributed by atoms with Gasteiger partial charge in [-0.25, -0.2) is 0 Å². The van der Waals surface area contributed by atoms with E-state index >= 15 is 0 Å². The Morgan fingerprint density at radius 1 is 1.00 bits per heavy atom. The topological polar surface area (TPSA) is 70.1 Å². The van der Waals surface area contributed by atoms with Crippen molar-refractivity contribution in [2.45, 2.75) is 44.5 Å². The Labute approximate surface area is 183 Å². The zero-order valence-corrected chi connectivity index (χ0v) is 17.6. The molecule has 9 heteroatoms. The lowest BCUT2D eigenvalue weighted by molar-refractivity contribution is -0.303. The van der Waals surface area contributed by atoms with Gasteiger partial charge < -0.3 is 10.6 Å². The number of hydrogen-bond acceptors (Lipinski definition) is 3. The number of halogens is 5. The molecular weight excluding hydrogens is 429 g/mol. The van der Waals surface area contributed by atoms with Crippen LogP contribution in [-0.2, 0) is 4.79 Å². The highest BCUT2D eigenvalue weighted by Crippen LogP contribution is 2.47. The Kier molecular flexibility index (Phi) is 7.97. The summed E-state index contributed by atoms with van der Waals surface area (Å²) >= 11 is 0. The highest BCUT2D eigenvalue weighted by Gasteiger charge is 2.65. The van der Waals surface area contributed by atoms with Crippen molar-refractivity contribution in [3.05, 3.63) is 60.2 Å². The minimum atomic E-state index is -5.95. The van der Waals surface area contributed by atoms with E-state index in [0.717, 1.165) is 17.7 Å². The van der Waals surface area contributed by atoms with E-state index in [4.69, 9.17) is 11.0 Å². The Morgan fingerprint density at radius 3 is 2.00 bits per heavy atom. The minimum Gasteiger partial charge on any atom is -0.320 e. The molecule has 1 amide bonds. The second-order valence-electron chi connectivity index (χ2n) is 7.87. The first kappa shape index (κ1) is 25.3. The summed E-state index contributed by atoms with van der Waals surface area (Å²) in [4.78, 5) is 13.0. The van der Waals surface area contributed by atoms with Crippen LogP contribution < -0.4 is 5.73 Å². The molecule has 0 heterocycles. The Balaban J connectivity index is 2.56. The lowest BCUT2D eigenvalue weighted by atomic mass is 9.94. The number of hydrogen-bond donors (Lipinski definition) is 1. The number of nitrogens with zero attached hydrogens (tertiary/aromatic N) is 2. The number of carbonyl (C=O) groups is 1. The summed E-state index contributed by atoms with van der Waals surface area (Å²) in [7, 11) is 0. The van der Waals surface area contributed by atoms with Gasteiger partial charge in [0, 0.05) is 0 Å². The highest BCUT2D eigenvalue weighted by atomic mass is 19.4. The molecule has 0 spiro atoms. The number of benzene rings is 2. The van der Waals surface area contributed by atoms with Crippen LogP contribution in [0.25, 0.3) is 11.1 Å². The quantitative estimate of drug-likeness (QED) is 0.435. The Bertz CT molecular complexity index is 937. The summed E-state index contributed by atoms with van der Waals surface area (Å²) in [5.74, 6) is -6.56. The van der Waals surface area contributed by atoms with Crippen LogP contribution in [0.3, 0.4) is 0 Å². The van der Waals surface area contributed by atoms with E-state index in [0.29, 0.717) is 5.56 Å². The molecule has 0 aliphatic rings. The summed E-state index contributed by atoms with van der Waals surface area (Å²) in [5.41, 5.74) is 6.67. The van der Waals surface area contributed by atoms with Crippen LogP contribution in [0.1, 0.15) is 31.9 Å². The maximum absolute atomic E-state index is 14.7. The molecule has 0 saturated carbocycles. The molecule has 0 fully saturated rings. The summed E-state index contributed by atoms with van der Waals surface area (Å²) in [6, 6.07) is 11.3. The van der Waals surface area contributed by atoms with Crippen molar-refractivity contribution >= 4 is 5.91 Å². The third-order valence-corrected chi connectivity index (χ3v) is 4.93. The van der Waals surface area contributed by atoms with Crippen molar-refractivity contribution in [1.82, 2.24) is 4.90 Å². The van der Waals surface area contributed by atoms with Crippen LogP contribution in [0.4, 0.5) is 22.0 Å². The van der Waals surface area contributed by atoms with E-state index in [-0.39, 0.29) is 17.2 Å². The molecule has 0 radical (unpaired) electrons. The number of amides is 1. The molecule has 0 saturated heterocycles. The Morgan fingerprint density at radius 2 is 1.53 bits per heavy atom. The van der Waals surface area contributed by atoms with Crippen molar-refractivity contribution in [2.24, 2.45) is 11.7 Å². The fourth-order valence-corrected chi connectivity index (χ4v) is 3.42. The average molecular weight is 453 g/mol. The van der Waals surface area contributed by atoms with Gasteiger partial charge in [0.15, 0.2) is 0 Å². The summed E-state index contributed by atoms with van der Waals surface area (Å²) in [6.45, 7) is 2.49. The molecule has 2 aromatic rings. The van der Waals surface area contributed by atoms with Crippen molar-refractivity contribution in [3.8, 4) is 17.2 Å². The van der Waals surface area contributed by atoms with Gasteiger partial charge in [-0.15, -0.1) is 0 Å². The SMILES string of the molecule is CC(C)C[C@H](N)C(=O)N(CC#N)[C@@H](c1ccc(-c2ccccc2)cc1)C(F)(F)C(F)(F)F. The van der Waals surface area contributed by atoms with Crippen molar-refractivity contribution in [2.75, 3.05) is 6.54 Å². The first-order chi connectivity index (χ1) is 14.9. The van der Waals surface area contributed by atoms with Crippen LogP contribution in [0, 0.1) is 17.2 Å². The number of carbonyl (C=O) groups excluding carboxylic acids is 1. The standard InChI is InChI=1S/C23H24F5N3O/c1-15(2)14-19(30)21(32)31(13-12-29)20(22(24,25)23(26,27)28)18-10-8-17(9-11-18)16-6-4-3-5-7-16/h3-11,15,19-20H,13-14,30H2,1-2H3/t19-,20-/m0/s1. The van der Waals surface area contributed by atoms with Crippen molar-refractivity contribution in [1.29, 1.82) is 5.26 Å². The fraction of sp³-hybridized carbons (Fsp3) is 0.391. The van der Waals surface area contributed by atoms with Gasteiger partial charge in [-0.2, -0.15) is 27.2 Å². The zero-order valence-electron chi connectivity index (χ0n) is 17.6. The lowest BCUT2D eigenvalue weighted by Crippen LogP contribution is -2.55. The first-order valence-electron chi connectivity index (χ1n) is 9.93. The largest absolute Gasteiger partial charge is 0.455 e. The molecule has 2 rings (SSSR count). The molecule has 0 aliphatic carbocycles. The lowest BCUT2D eigenvalue weighted by Gasteiger charge is -2.38. The maximum Gasteiger partial charge on any atom is 0.455 e. The third-order valence-electron chi connectivity index (χ3n) is 4.93. The molecule has 0 unspecified atom stereocenters. The molecule has 0 aliphatic heterocycles. The summed E-state index contributed by atoms with van der Waals surface area (Å²) in [5, 5.41) is 9.10. The second kappa shape index (κ2) is 10.1. The van der Waals surface area contributed by atoms with Gasteiger partial charge in [-0.1, -0.05) is 68.4 Å². The highest BCUT2D eigenvalue weighted by molar-refractivity contribution is 5.82. The normalized spacial score (nSPS) is 14.0. The van der Waals surface area contributed by atoms with E-state index in [1.54, 1.807) is 44.2 Å². The zero-order chi connectivity index (χ0) is 24.1. The van der Waals surface area contributed by atoms with Gasteiger partial charge in [0.25, 0.3) is 0 Å². The van der Waals surface area contributed by atoms with E-state index in [9.17, 15) is 26.7 Å². The van der Waals surface area contributed by atoms with Gasteiger partial charge in [-0.05, 0) is 29.0 Å². The summed E-state index contributed by atoms with van der Waals surface area (Å²) in [6.07, 6.45) is -5.89. The van der Waals surface area contributed by atoms with Crippen LogP contribution in [0.2, 0.25) is 0 Å². The minimum absolute atomic E-state index is 0.0675. The van der Waals surface area contributed by atoms with E-state index in [1.165, 1.54) is 18.2 Å². The molecule has 2 atom stereocenters. The van der Waals surface area contributed by atoms with Gasteiger partial charge in [0.05, 0.1) is 12.1 Å². The van der Waals surface area contributed by atoms with Crippen LogP contribution >= 0.6 is 0 Å². The third kappa shape index (κ3) is 5.62. The fourth-order valence-electron chi connectivity index (χ4n) is 3.42. The predicted molar refractivity (Wildman–Crippen MR) is 110 cm³/mol. The number of nitriles is 1. The van der Waals surface area contributed by atoms with Crippen LogP contribution in [0.5, 0.6) is 0 Å². The first-order valence-corrected chi connectivity index (χ1v) is 9.93. The smallest absolute Gasteiger partial charge is 0.320 e. The number of alkyl halides is 5. The summed E-state index contributed by atoms with van der Waals surface area (Å²) < 4.78 is 69.5. The van der Waals surface area contributed by atoms with Gasteiger partial charge in [0.1, 0.15) is 12.6 Å². The van der Waals surface area contributed by atoms with E-state index < -0.39 is 42.2 Å². The molecule has 4 nitrogen and oxygen atoms in total. The molecule has 2 aromatic carbocycles. The molecule has 2 N–H and O–H groups in total. The molecule has 0 bridgehead atoms. The number of nitrogens with two attached hydrogens (primary N) is 1. The molecule has 172 valence electrons. The van der Waals surface area contributed by atoms with Crippen molar-refractivity contribution in [3.63, 3.8) is 0 Å². The van der Waals surface area contributed by atoms with E-state index in [2.05, 4.69) is 0 Å². The maximum atomic E-state index is 14.7. The average Bonchev–Trinajstić information content (AvgIpc) is 2.72. The Hall–Kier alpha value is -2.99. The second-order valence-corrected chi connectivity index (χ2v) is 7.87. The van der Waals surface area contributed by atoms with Crippen LogP contribution in [0.15, 0.2) is 54.6 Å². The van der Waals surface area contributed by atoms with Gasteiger partial charge >= 0.3 is 12.1 Å². The van der Waals surface area contributed by atoms with Gasteiger partial charge in [-0.3, -0.25) is 4.79 Å². The molecular formula is C23H24F5N3O. The monoisotopic (exact) mass is 453 g/mol. The predicted octanol–water partition coefficient (Wildman–Crippen LogP) is 5.32. The van der Waals surface area contributed by atoms with Crippen molar-refractivity contribution < 1.29 is 26.7 Å². The van der Waals surface area contributed by atoms with E-state index in [1.807, 2.05) is 0 Å². The number of rotatable bonds is 8. The van der Waals surface area contributed by atoms with Gasteiger partial charge in [0.2, 0.25) is 5.91 Å². The van der Waals surface area contributed by atoms with Crippen LogP contribution in [-0.4, -0.2) is 35.5 Å². The molecule has 0 aromatic heterocycles. The molecule has 32 heavy (non-hydrogen) atoms.